The van der Waals surface area contributed by atoms with E-state index in [1.165, 1.54) is 7.11 Å². The molecule has 1 spiro atoms. The van der Waals surface area contributed by atoms with Gasteiger partial charge in [0.15, 0.2) is 29.1 Å². The minimum Gasteiger partial charge on any atom is -0.469 e. The van der Waals surface area contributed by atoms with E-state index >= 15 is 0 Å². The predicted octanol–water partition coefficient (Wildman–Crippen LogP) is 6.13. The third kappa shape index (κ3) is 4.76. The van der Waals surface area contributed by atoms with Gasteiger partial charge in [-0.25, -0.2) is 9.78 Å². The number of hydrogen-bond donors (Lipinski definition) is 5. The first-order chi connectivity index (χ1) is 27.5. The Morgan fingerprint density at radius 1 is 1.02 bits per heavy atom. The first kappa shape index (κ1) is 35.0. The quantitative estimate of drug-likeness (QED) is 0.122. The summed E-state index contributed by atoms with van der Waals surface area (Å²) in [6, 6.07) is 15.9. The standard InChI is InChI=1S/C43H40N6O8/c1-6-42(53,7-2)40(52)45-27-17-20-14-15-28-25(16-20)43-24-12-8-11-22(31(24)49-41(43)55-28)21-10-9-13-26-29(21)23(18-44-26)34-32(39(51)54-5)47-38(56-34)33-35(43)57-37(48-33)30(19(3)4)46-36(27)50/h8-16,18-19,27,30,41,44,49,53H,6-7,17H2,1-5H3,(H,45,52)(H,46,50). The summed E-state index contributed by atoms with van der Waals surface area (Å²) in [5.74, 6) is -0.768. The van der Waals surface area contributed by atoms with Crippen LogP contribution >= 0.6 is 0 Å². The number of carbonyl (C=O) groups is 3. The summed E-state index contributed by atoms with van der Waals surface area (Å²) in [5, 5.41) is 21.7. The van der Waals surface area contributed by atoms with Crippen molar-refractivity contribution in [3.05, 3.63) is 94.8 Å². The molecule has 10 rings (SSSR count). The van der Waals surface area contributed by atoms with Gasteiger partial charge in [-0.1, -0.05) is 70.2 Å². The van der Waals surface area contributed by atoms with Crippen LogP contribution in [0.2, 0.25) is 0 Å². The van der Waals surface area contributed by atoms with Crippen LogP contribution in [0.4, 0.5) is 5.69 Å². The molecule has 4 aliphatic heterocycles. The number of anilines is 1. The van der Waals surface area contributed by atoms with Gasteiger partial charge in [0.2, 0.25) is 17.7 Å². The topological polar surface area (TPSA) is 194 Å². The van der Waals surface area contributed by atoms with Crippen LogP contribution in [0, 0.1) is 5.92 Å². The Morgan fingerprint density at radius 3 is 2.58 bits per heavy atom. The number of amides is 2. The second-order valence-corrected chi connectivity index (χ2v) is 15.6. The molecule has 4 unspecified atom stereocenters. The van der Waals surface area contributed by atoms with E-state index in [0.717, 1.165) is 44.4 Å². The number of hydrogen-bond acceptors (Lipinski definition) is 11. The molecule has 2 amide bonds. The number of H-pyrrole nitrogens is 1. The monoisotopic (exact) mass is 768 g/mol. The van der Waals surface area contributed by atoms with E-state index < -0.39 is 47.1 Å². The zero-order chi connectivity index (χ0) is 39.5. The molecule has 3 aromatic heterocycles. The number of esters is 1. The highest BCUT2D eigenvalue weighted by Gasteiger charge is 2.62. The highest BCUT2D eigenvalue weighted by molar-refractivity contribution is 6.10. The number of ether oxygens (including phenoxy) is 2. The minimum absolute atomic E-state index is 0.0115. The van der Waals surface area contributed by atoms with Crippen LogP contribution in [0.25, 0.3) is 44.9 Å². The Kier molecular flexibility index (Phi) is 7.56. The number of aliphatic hydroxyl groups is 1. The highest BCUT2D eigenvalue weighted by Crippen LogP contribution is 2.61. The van der Waals surface area contributed by atoms with Gasteiger partial charge in [-0.3, -0.25) is 9.59 Å². The molecule has 4 aliphatic rings. The number of fused-ring (bicyclic) bond motifs is 7. The summed E-state index contributed by atoms with van der Waals surface area (Å²) in [6.45, 7) is 7.32. The van der Waals surface area contributed by atoms with Crippen LogP contribution in [-0.2, 0) is 26.2 Å². The third-order valence-electron chi connectivity index (χ3n) is 12.2. The van der Waals surface area contributed by atoms with Crippen LogP contribution < -0.4 is 20.7 Å². The molecule has 7 heterocycles. The van der Waals surface area contributed by atoms with Crippen LogP contribution in [0.3, 0.4) is 0 Å². The number of aromatic amines is 1. The molecule has 6 aromatic rings. The van der Waals surface area contributed by atoms with Crippen molar-refractivity contribution in [1.82, 2.24) is 25.6 Å². The molecule has 0 saturated heterocycles. The summed E-state index contributed by atoms with van der Waals surface area (Å²) in [5.41, 5.74) is 3.65. The van der Waals surface area contributed by atoms with Crippen LogP contribution in [0.1, 0.15) is 85.4 Å². The van der Waals surface area contributed by atoms with Crippen LogP contribution in [0.15, 0.2) is 69.6 Å². The molecule has 14 nitrogen and oxygen atoms in total. The average Bonchev–Trinajstić information content (AvgIpc) is 4.04. The van der Waals surface area contributed by atoms with Gasteiger partial charge in [-0.2, -0.15) is 4.98 Å². The Hall–Kier alpha value is -6.41. The third-order valence-corrected chi connectivity index (χ3v) is 12.2. The Morgan fingerprint density at radius 2 is 1.81 bits per heavy atom. The number of nitrogens with one attached hydrogen (secondary N) is 4. The van der Waals surface area contributed by atoms with E-state index in [4.69, 9.17) is 28.3 Å². The fourth-order valence-corrected chi connectivity index (χ4v) is 9.04. The largest absolute Gasteiger partial charge is 0.469 e. The van der Waals surface area contributed by atoms with Crippen molar-refractivity contribution in [3.8, 4) is 39.8 Å². The maximum absolute atomic E-state index is 14.4. The molecule has 57 heavy (non-hydrogen) atoms. The zero-order valence-electron chi connectivity index (χ0n) is 31.9. The van der Waals surface area contributed by atoms with Crippen molar-refractivity contribution in [1.29, 1.82) is 0 Å². The van der Waals surface area contributed by atoms with E-state index in [9.17, 15) is 19.5 Å². The molecule has 0 fully saturated rings. The molecular formula is C43H40N6O8. The maximum Gasteiger partial charge on any atom is 0.360 e. The van der Waals surface area contributed by atoms with Crippen molar-refractivity contribution in [2.75, 3.05) is 12.4 Å². The summed E-state index contributed by atoms with van der Waals surface area (Å²) >= 11 is 0. The number of benzene rings is 3. The van der Waals surface area contributed by atoms with Gasteiger partial charge in [-0.15, -0.1) is 0 Å². The van der Waals surface area contributed by atoms with E-state index in [1.807, 2.05) is 68.4 Å². The Bertz CT molecular complexity index is 2690. The number of aromatic nitrogens is 3. The number of rotatable bonds is 6. The van der Waals surface area contributed by atoms with Crippen molar-refractivity contribution >= 4 is 34.4 Å². The Balaban J connectivity index is 1.30. The second-order valence-electron chi connectivity index (χ2n) is 15.6. The van der Waals surface area contributed by atoms with Gasteiger partial charge in [-0.05, 0) is 42.0 Å². The molecule has 0 radical (unpaired) electrons. The van der Waals surface area contributed by atoms with E-state index in [2.05, 4.69) is 20.9 Å². The van der Waals surface area contributed by atoms with Gasteiger partial charge in [0.1, 0.15) is 28.8 Å². The molecule has 290 valence electrons. The highest BCUT2D eigenvalue weighted by atomic mass is 16.5. The van der Waals surface area contributed by atoms with Gasteiger partial charge < -0.3 is 44.3 Å². The van der Waals surface area contributed by atoms with Crippen molar-refractivity contribution in [2.24, 2.45) is 5.92 Å². The average molecular weight is 769 g/mol. The van der Waals surface area contributed by atoms with Gasteiger partial charge in [0, 0.05) is 51.5 Å². The minimum atomic E-state index is -1.65. The van der Waals surface area contributed by atoms with Gasteiger partial charge in [0.25, 0.3) is 5.91 Å². The van der Waals surface area contributed by atoms with Crippen molar-refractivity contribution in [3.63, 3.8) is 0 Å². The molecule has 5 N–H and O–H groups in total. The lowest BCUT2D eigenvalue weighted by Gasteiger charge is -2.30. The van der Waals surface area contributed by atoms with Crippen LogP contribution in [-0.4, -0.2) is 62.8 Å². The first-order valence-electron chi connectivity index (χ1n) is 19.3. The van der Waals surface area contributed by atoms with Gasteiger partial charge >= 0.3 is 5.97 Å². The summed E-state index contributed by atoms with van der Waals surface area (Å²) in [6.07, 6.45) is 1.51. The summed E-state index contributed by atoms with van der Waals surface area (Å²) in [4.78, 5) is 54.7. The summed E-state index contributed by atoms with van der Waals surface area (Å²) in [7, 11) is 1.29. The molecule has 0 aliphatic carbocycles. The first-order valence-corrected chi connectivity index (χ1v) is 19.3. The molecule has 10 bridgehead atoms. The van der Waals surface area contributed by atoms with Crippen molar-refractivity contribution < 1.29 is 37.8 Å². The zero-order valence-corrected chi connectivity index (χ0v) is 31.9. The Labute approximate surface area is 326 Å². The fraction of sp³-hybridized carbons (Fsp3) is 0.326. The lowest BCUT2D eigenvalue weighted by molar-refractivity contribution is -0.143. The number of methoxy groups -OCH3 is 1. The van der Waals surface area contributed by atoms with Crippen molar-refractivity contribution in [2.45, 2.75) is 76.3 Å². The molecule has 3 aromatic carbocycles. The molecule has 14 heteroatoms. The summed E-state index contributed by atoms with van der Waals surface area (Å²) < 4.78 is 25.7. The second kappa shape index (κ2) is 12.3. The molecule has 0 saturated carbocycles. The molecular weight excluding hydrogens is 729 g/mol. The normalized spacial score (nSPS) is 21.2. The van der Waals surface area contributed by atoms with E-state index in [1.54, 1.807) is 20.0 Å². The van der Waals surface area contributed by atoms with Gasteiger partial charge in [0.05, 0.1) is 7.11 Å². The smallest absolute Gasteiger partial charge is 0.360 e. The molecule has 4 atom stereocenters. The van der Waals surface area contributed by atoms with E-state index in [-0.39, 0.29) is 54.1 Å². The van der Waals surface area contributed by atoms with Crippen LogP contribution in [0.5, 0.6) is 5.75 Å². The lowest BCUT2D eigenvalue weighted by atomic mass is 9.72. The number of nitrogens with zero attached hydrogens (tertiary/aromatic N) is 2. The predicted molar refractivity (Wildman–Crippen MR) is 207 cm³/mol. The fourth-order valence-electron chi connectivity index (χ4n) is 9.04. The SMILES string of the molecule is CCC(O)(CC)C(=O)NC1Cc2ccc3c(c2)C24c5cccc(c5NC2O3)-c2cccc3[nH]cc(c23)-c2oc(nc2C(=O)OC)-c2nc(oc24)C(C(C)C)NC1=O. The van der Waals surface area contributed by atoms with E-state index in [0.29, 0.717) is 17.1 Å². The number of para-hydroxylation sites is 1. The maximum atomic E-state index is 14.4. The number of oxazole rings is 2. The lowest BCUT2D eigenvalue weighted by Crippen LogP contribution is -2.55. The number of carbonyl (C=O) groups excluding carboxylic acids is 3.